The molecule has 0 saturated heterocycles. The number of hydrogen-bond donors (Lipinski definition) is 1. The molecule has 4 nitrogen and oxygen atoms in total. The third-order valence-corrected chi connectivity index (χ3v) is 4.28. The molecule has 1 aliphatic rings. The van der Waals surface area contributed by atoms with Gasteiger partial charge in [0.2, 0.25) is 0 Å². The fourth-order valence-electron chi connectivity index (χ4n) is 3.16. The lowest BCUT2D eigenvalue weighted by atomic mass is 9.95. The Bertz CT molecular complexity index is 632. The van der Waals surface area contributed by atoms with Gasteiger partial charge in [-0.2, -0.15) is 0 Å². The largest absolute Gasteiger partial charge is 0.469 e. The van der Waals surface area contributed by atoms with Crippen molar-refractivity contribution in [3.05, 3.63) is 35.5 Å². The van der Waals surface area contributed by atoms with E-state index in [1.54, 1.807) is 0 Å². The molecule has 1 atom stereocenters. The predicted molar refractivity (Wildman–Crippen MR) is 78.6 cm³/mol. The van der Waals surface area contributed by atoms with E-state index in [2.05, 4.69) is 41.2 Å². The summed E-state index contributed by atoms with van der Waals surface area (Å²) in [6.07, 6.45) is 2.31. The number of esters is 1. The second-order valence-corrected chi connectivity index (χ2v) is 5.42. The van der Waals surface area contributed by atoms with E-state index in [4.69, 9.17) is 4.74 Å². The highest BCUT2D eigenvalue weighted by Gasteiger charge is 2.28. The van der Waals surface area contributed by atoms with Crippen molar-refractivity contribution >= 4 is 16.9 Å². The van der Waals surface area contributed by atoms with E-state index < -0.39 is 0 Å². The van der Waals surface area contributed by atoms with Crippen LogP contribution < -0.4 is 0 Å². The highest BCUT2D eigenvalue weighted by molar-refractivity contribution is 5.85. The summed E-state index contributed by atoms with van der Waals surface area (Å²) in [6, 6.07) is 8.69. The Hall–Kier alpha value is -1.81. The number of methoxy groups -OCH3 is 1. The van der Waals surface area contributed by atoms with Gasteiger partial charge in [-0.3, -0.25) is 9.69 Å². The number of hydrogen-bond acceptors (Lipinski definition) is 3. The van der Waals surface area contributed by atoms with E-state index >= 15 is 0 Å². The standard InChI is InChI=1S/C16H20N2O2/c1-18-10-9-12-11-5-3-4-6-13(11)17-16(12)14(18)7-8-15(19)20-2/h3-6,14,17H,7-10H2,1-2H3. The molecule has 0 amide bonds. The Morgan fingerprint density at radius 1 is 1.45 bits per heavy atom. The van der Waals surface area contributed by atoms with Crippen LogP contribution >= 0.6 is 0 Å². The molecular weight excluding hydrogens is 252 g/mol. The van der Waals surface area contributed by atoms with Crippen molar-refractivity contribution in [3.63, 3.8) is 0 Å². The predicted octanol–water partition coefficient (Wildman–Crippen LogP) is 2.65. The Morgan fingerprint density at radius 3 is 3.05 bits per heavy atom. The Labute approximate surface area is 118 Å². The minimum absolute atomic E-state index is 0.137. The molecule has 2 heterocycles. The van der Waals surface area contributed by atoms with Crippen LogP contribution in [0.15, 0.2) is 24.3 Å². The van der Waals surface area contributed by atoms with Gasteiger partial charge in [-0.1, -0.05) is 18.2 Å². The van der Waals surface area contributed by atoms with Gasteiger partial charge >= 0.3 is 5.97 Å². The quantitative estimate of drug-likeness (QED) is 0.874. The molecule has 1 aliphatic heterocycles. The lowest BCUT2D eigenvalue weighted by molar-refractivity contribution is -0.141. The van der Waals surface area contributed by atoms with Crippen molar-refractivity contribution in [1.82, 2.24) is 9.88 Å². The maximum absolute atomic E-state index is 11.4. The smallest absolute Gasteiger partial charge is 0.305 e. The molecule has 3 rings (SSSR count). The van der Waals surface area contributed by atoms with E-state index in [1.165, 1.54) is 29.3 Å². The third-order valence-electron chi connectivity index (χ3n) is 4.28. The second-order valence-electron chi connectivity index (χ2n) is 5.42. The van der Waals surface area contributed by atoms with Crippen molar-refractivity contribution in [2.24, 2.45) is 0 Å². The van der Waals surface area contributed by atoms with Crippen molar-refractivity contribution in [2.75, 3.05) is 20.7 Å². The Morgan fingerprint density at radius 2 is 2.25 bits per heavy atom. The zero-order valence-electron chi connectivity index (χ0n) is 12.0. The van der Waals surface area contributed by atoms with Gasteiger partial charge in [0.05, 0.1) is 13.2 Å². The van der Waals surface area contributed by atoms with Crippen molar-refractivity contribution in [2.45, 2.75) is 25.3 Å². The van der Waals surface area contributed by atoms with Gasteiger partial charge < -0.3 is 9.72 Å². The molecule has 1 aromatic carbocycles. The average Bonchev–Trinajstić information content (AvgIpc) is 2.84. The Kier molecular flexibility index (Phi) is 3.49. The SMILES string of the molecule is COC(=O)CCC1c2[nH]c3ccccc3c2CCN1C. The van der Waals surface area contributed by atoms with Crippen LogP contribution in [0.4, 0.5) is 0 Å². The average molecular weight is 272 g/mol. The first-order chi connectivity index (χ1) is 9.70. The number of rotatable bonds is 3. The van der Waals surface area contributed by atoms with E-state index in [0.29, 0.717) is 6.42 Å². The highest BCUT2D eigenvalue weighted by atomic mass is 16.5. The normalized spacial score (nSPS) is 19.0. The number of nitrogens with zero attached hydrogens (tertiary/aromatic N) is 1. The molecule has 1 unspecified atom stereocenters. The van der Waals surface area contributed by atoms with E-state index in [-0.39, 0.29) is 12.0 Å². The summed E-state index contributed by atoms with van der Waals surface area (Å²) >= 11 is 0. The van der Waals surface area contributed by atoms with Crippen LogP contribution in [0.2, 0.25) is 0 Å². The third kappa shape index (κ3) is 2.20. The molecule has 0 radical (unpaired) electrons. The first-order valence-electron chi connectivity index (χ1n) is 7.07. The second kappa shape index (κ2) is 5.29. The number of fused-ring (bicyclic) bond motifs is 3. The van der Waals surface area contributed by atoms with Crippen LogP contribution in [-0.2, 0) is 16.0 Å². The summed E-state index contributed by atoms with van der Waals surface area (Å²) in [6.45, 7) is 1.03. The number of aromatic amines is 1. The summed E-state index contributed by atoms with van der Waals surface area (Å²) in [5.41, 5.74) is 3.87. The van der Waals surface area contributed by atoms with E-state index in [0.717, 1.165) is 19.4 Å². The number of carbonyl (C=O) groups is 1. The van der Waals surface area contributed by atoms with Crippen LogP contribution in [0.3, 0.4) is 0 Å². The van der Waals surface area contributed by atoms with Crippen LogP contribution in [0.5, 0.6) is 0 Å². The number of H-pyrrole nitrogens is 1. The lowest BCUT2D eigenvalue weighted by Crippen LogP contribution is -2.32. The number of ether oxygens (including phenoxy) is 1. The zero-order valence-corrected chi connectivity index (χ0v) is 12.0. The maximum atomic E-state index is 11.4. The maximum Gasteiger partial charge on any atom is 0.305 e. The van der Waals surface area contributed by atoms with Gasteiger partial charge in [0.1, 0.15) is 0 Å². The van der Waals surface area contributed by atoms with Crippen LogP contribution in [-0.4, -0.2) is 36.6 Å². The van der Waals surface area contributed by atoms with Crippen LogP contribution in [0, 0.1) is 0 Å². The number of para-hydroxylation sites is 1. The van der Waals surface area contributed by atoms with E-state index in [9.17, 15) is 4.79 Å². The molecule has 0 bridgehead atoms. The highest BCUT2D eigenvalue weighted by Crippen LogP contribution is 2.35. The molecule has 1 aromatic heterocycles. The molecule has 1 N–H and O–H groups in total. The summed E-state index contributed by atoms with van der Waals surface area (Å²) in [4.78, 5) is 17.3. The number of aromatic nitrogens is 1. The molecular formula is C16H20N2O2. The molecule has 106 valence electrons. The topological polar surface area (TPSA) is 45.3 Å². The minimum Gasteiger partial charge on any atom is -0.469 e. The van der Waals surface area contributed by atoms with Gasteiger partial charge in [0, 0.05) is 29.6 Å². The fourth-order valence-corrected chi connectivity index (χ4v) is 3.16. The van der Waals surface area contributed by atoms with Gasteiger partial charge in [-0.15, -0.1) is 0 Å². The minimum atomic E-state index is -0.137. The summed E-state index contributed by atoms with van der Waals surface area (Å²) in [5, 5.41) is 1.32. The monoisotopic (exact) mass is 272 g/mol. The van der Waals surface area contributed by atoms with Crippen LogP contribution in [0.25, 0.3) is 10.9 Å². The van der Waals surface area contributed by atoms with Crippen LogP contribution in [0.1, 0.15) is 30.1 Å². The number of carbonyl (C=O) groups excluding carboxylic acids is 1. The summed E-state index contributed by atoms with van der Waals surface area (Å²) in [7, 11) is 3.57. The molecule has 0 fully saturated rings. The van der Waals surface area contributed by atoms with Gasteiger partial charge in [-0.25, -0.2) is 0 Å². The summed E-state index contributed by atoms with van der Waals surface area (Å²) in [5.74, 6) is -0.137. The lowest BCUT2D eigenvalue weighted by Gasteiger charge is -2.32. The number of likely N-dealkylation sites (N-methyl/N-ethyl adjacent to an activating group) is 1. The van der Waals surface area contributed by atoms with Crippen molar-refractivity contribution < 1.29 is 9.53 Å². The molecule has 0 spiro atoms. The Balaban J connectivity index is 1.94. The van der Waals surface area contributed by atoms with Gasteiger partial charge in [0.25, 0.3) is 0 Å². The summed E-state index contributed by atoms with van der Waals surface area (Å²) < 4.78 is 4.76. The first kappa shape index (κ1) is 13.2. The molecule has 20 heavy (non-hydrogen) atoms. The number of benzene rings is 1. The molecule has 0 aliphatic carbocycles. The molecule has 4 heteroatoms. The zero-order chi connectivity index (χ0) is 14.1. The molecule has 2 aromatic rings. The number of nitrogens with one attached hydrogen (secondary N) is 1. The van der Waals surface area contributed by atoms with E-state index in [1.807, 2.05) is 0 Å². The van der Waals surface area contributed by atoms with Gasteiger partial charge in [-0.05, 0) is 31.5 Å². The fraction of sp³-hybridized carbons (Fsp3) is 0.438. The van der Waals surface area contributed by atoms with Crippen molar-refractivity contribution in [3.8, 4) is 0 Å². The first-order valence-corrected chi connectivity index (χ1v) is 7.07. The van der Waals surface area contributed by atoms with Crippen molar-refractivity contribution in [1.29, 1.82) is 0 Å². The van der Waals surface area contributed by atoms with Gasteiger partial charge in [0.15, 0.2) is 0 Å². The molecule has 0 saturated carbocycles.